The van der Waals surface area contributed by atoms with E-state index >= 15 is 0 Å². The van der Waals surface area contributed by atoms with Gasteiger partial charge in [-0.1, -0.05) is 0 Å². The van der Waals surface area contributed by atoms with Crippen molar-refractivity contribution in [2.45, 2.75) is 12.5 Å². The molecule has 1 fully saturated rings. The van der Waals surface area contributed by atoms with Gasteiger partial charge in [0.15, 0.2) is 0 Å². The van der Waals surface area contributed by atoms with E-state index in [1.807, 2.05) is 11.8 Å². The van der Waals surface area contributed by atoms with E-state index in [2.05, 4.69) is 0 Å². The average molecular weight is 281 g/mol. The monoisotopic (exact) mass is 281 g/mol. The molecular formula is C12H15N3O3S. The minimum atomic E-state index is -0.555. The Morgan fingerprint density at radius 3 is 2.84 bits per heavy atom. The highest BCUT2D eigenvalue weighted by atomic mass is 32.2. The van der Waals surface area contributed by atoms with Crippen LogP contribution >= 0.6 is 11.8 Å². The highest BCUT2D eigenvalue weighted by Crippen LogP contribution is 2.25. The molecule has 1 aliphatic heterocycles. The Hall–Kier alpha value is -1.76. The van der Waals surface area contributed by atoms with Crippen LogP contribution in [0.2, 0.25) is 0 Å². The number of anilines is 1. The maximum atomic E-state index is 12.3. The van der Waals surface area contributed by atoms with Gasteiger partial charge < -0.3 is 10.6 Å². The maximum absolute atomic E-state index is 12.3. The number of benzene rings is 1. The zero-order valence-corrected chi connectivity index (χ0v) is 11.4. The standard InChI is InChI=1S/C12H15N3O3S/c1-14(9-4-5-19-7-9)12(16)8-2-3-11(15(17)18)10(13)6-8/h2-3,6,9H,4-5,7,13H2,1H3. The highest BCUT2D eigenvalue weighted by Gasteiger charge is 2.25. The first-order valence-corrected chi connectivity index (χ1v) is 7.05. The molecule has 1 amide bonds. The third-order valence-electron chi connectivity index (χ3n) is 3.24. The number of carbonyl (C=O) groups is 1. The van der Waals surface area contributed by atoms with Gasteiger partial charge in [-0.2, -0.15) is 11.8 Å². The van der Waals surface area contributed by atoms with Crippen molar-refractivity contribution in [3.05, 3.63) is 33.9 Å². The Morgan fingerprint density at radius 2 is 2.32 bits per heavy atom. The minimum absolute atomic E-state index is 0.0186. The topological polar surface area (TPSA) is 89.5 Å². The second kappa shape index (κ2) is 5.48. The van der Waals surface area contributed by atoms with E-state index < -0.39 is 4.92 Å². The first-order valence-electron chi connectivity index (χ1n) is 5.89. The van der Waals surface area contributed by atoms with Gasteiger partial charge in [-0.3, -0.25) is 14.9 Å². The normalized spacial score (nSPS) is 18.3. The summed E-state index contributed by atoms with van der Waals surface area (Å²) in [6.07, 6.45) is 0.982. The number of carbonyl (C=O) groups excluding carboxylic acids is 1. The molecule has 1 atom stereocenters. The van der Waals surface area contributed by atoms with Gasteiger partial charge in [-0.25, -0.2) is 0 Å². The number of hydrogen-bond acceptors (Lipinski definition) is 5. The van der Waals surface area contributed by atoms with Crippen LogP contribution in [0.25, 0.3) is 0 Å². The van der Waals surface area contributed by atoms with E-state index in [0.29, 0.717) is 5.56 Å². The summed E-state index contributed by atoms with van der Waals surface area (Å²) < 4.78 is 0. The molecule has 1 aromatic carbocycles. The smallest absolute Gasteiger partial charge is 0.292 e. The molecule has 2 rings (SSSR count). The van der Waals surface area contributed by atoms with E-state index in [1.54, 1.807) is 11.9 Å². The lowest BCUT2D eigenvalue weighted by molar-refractivity contribution is -0.383. The Balaban J connectivity index is 2.19. The molecule has 0 radical (unpaired) electrons. The molecular weight excluding hydrogens is 266 g/mol. The Morgan fingerprint density at radius 1 is 1.58 bits per heavy atom. The minimum Gasteiger partial charge on any atom is -0.393 e. The van der Waals surface area contributed by atoms with Crippen LogP contribution in [0.3, 0.4) is 0 Å². The Kier molecular flexibility index (Phi) is 3.94. The van der Waals surface area contributed by atoms with Crippen LogP contribution in [0.1, 0.15) is 16.8 Å². The van der Waals surface area contributed by atoms with Crippen LogP contribution in [-0.2, 0) is 0 Å². The van der Waals surface area contributed by atoms with Gasteiger partial charge >= 0.3 is 0 Å². The highest BCUT2D eigenvalue weighted by molar-refractivity contribution is 7.99. The van der Waals surface area contributed by atoms with Crippen molar-refractivity contribution in [3.8, 4) is 0 Å². The predicted molar refractivity (Wildman–Crippen MR) is 75.3 cm³/mol. The van der Waals surface area contributed by atoms with E-state index in [1.165, 1.54) is 18.2 Å². The predicted octanol–water partition coefficient (Wildman–Crippen LogP) is 1.75. The molecule has 1 aliphatic rings. The fourth-order valence-electron chi connectivity index (χ4n) is 2.05. The number of amides is 1. The molecule has 1 aromatic rings. The molecule has 1 saturated heterocycles. The maximum Gasteiger partial charge on any atom is 0.292 e. The number of nitrogens with zero attached hydrogens (tertiary/aromatic N) is 2. The molecule has 7 heteroatoms. The van der Waals surface area contributed by atoms with Crippen LogP contribution in [0.4, 0.5) is 11.4 Å². The molecule has 102 valence electrons. The van der Waals surface area contributed by atoms with Crippen molar-refractivity contribution in [2.24, 2.45) is 0 Å². The largest absolute Gasteiger partial charge is 0.393 e. The summed E-state index contributed by atoms with van der Waals surface area (Å²) in [5.41, 5.74) is 5.84. The fraction of sp³-hybridized carbons (Fsp3) is 0.417. The number of nitro groups is 1. The third kappa shape index (κ3) is 2.81. The second-order valence-electron chi connectivity index (χ2n) is 4.46. The number of thioether (sulfide) groups is 1. The first kappa shape index (κ1) is 13.7. The molecule has 0 saturated carbocycles. The van der Waals surface area contributed by atoms with Crippen LogP contribution in [0, 0.1) is 10.1 Å². The van der Waals surface area contributed by atoms with Crippen molar-refractivity contribution in [1.29, 1.82) is 0 Å². The van der Waals surface area contributed by atoms with Crippen molar-refractivity contribution < 1.29 is 9.72 Å². The summed E-state index contributed by atoms with van der Waals surface area (Å²) in [6.45, 7) is 0. The summed E-state index contributed by atoms with van der Waals surface area (Å²) in [6, 6.07) is 4.34. The van der Waals surface area contributed by atoms with Crippen molar-refractivity contribution in [1.82, 2.24) is 4.90 Å². The van der Waals surface area contributed by atoms with Gasteiger partial charge in [0.05, 0.1) is 4.92 Å². The van der Waals surface area contributed by atoms with Crippen LogP contribution in [-0.4, -0.2) is 40.3 Å². The zero-order valence-electron chi connectivity index (χ0n) is 10.5. The van der Waals surface area contributed by atoms with Crippen LogP contribution in [0.15, 0.2) is 18.2 Å². The van der Waals surface area contributed by atoms with Gasteiger partial charge in [-0.15, -0.1) is 0 Å². The molecule has 1 unspecified atom stereocenters. The molecule has 1 heterocycles. The van der Waals surface area contributed by atoms with Gasteiger partial charge in [-0.05, 0) is 24.3 Å². The molecule has 0 aliphatic carbocycles. The summed E-state index contributed by atoms with van der Waals surface area (Å²) in [7, 11) is 1.76. The lowest BCUT2D eigenvalue weighted by Crippen LogP contribution is -2.37. The average Bonchev–Trinajstić information content (AvgIpc) is 2.90. The number of rotatable bonds is 3. The molecule has 19 heavy (non-hydrogen) atoms. The summed E-state index contributed by atoms with van der Waals surface area (Å²) in [5.74, 6) is 1.85. The lowest BCUT2D eigenvalue weighted by Gasteiger charge is -2.23. The van der Waals surface area contributed by atoms with E-state index in [4.69, 9.17) is 5.73 Å². The van der Waals surface area contributed by atoms with E-state index in [0.717, 1.165) is 17.9 Å². The lowest BCUT2D eigenvalue weighted by atomic mass is 10.1. The van der Waals surface area contributed by atoms with Gasteiger partial charge in [0.25, 0.3) is 11.6 Å². The second-order valence-corrected chi connectivity index (χ2v) is 5.61. The molecule has 0 aromatic heterocycles. The SMILES string of the molecule is CN(C(=O)c1ccc([N+](=O)[O-])c(N)c1)C1CCSC1. The van der Waals surface area contributed by atoms with Crippen LogP contribution in [0.5, 0.6) is 0 Å². The van der Waals surface area contributed by atoms with Crippen LogP contribution < -0.4 is 5.73 Å². The quantitative estimate of drug-likeness (QED) is 0.518. The van der Waals surface area contributed by atoms with Crippen molar-refractivity contribution in [3.63, 3.8) is 0 Å². The van der Waals surface area contributed by atoms with Crippen molar-refractivity contribution in [2.75, 3.05) is 24.3 Å². The zero-order chi connectivity index (χ0) is 14.0. The van der Waals surface area contributed by atoms with Gasteiger partial charge in [0.1, 0.15) is 5.69 Å². The number of nitrogen functional groups attached to an aromatic ring is 1. The summed E-state index contributed by atoms with van der Waals surface area (Å²) >= 11 is 1.82. The first-order chi connectivity index (χ1) is 9.00. The van der Waals surface area contributed by atoms with Gasteiger partial charge in [0.2, 0.25) is 0 Å². The number of nitro benzene ring substituents is 1. The number of hydrogen-bond donors (Lipinski definition) is 1. The molecule has 0 spiro atoms. The third-order valence-corrected chi connectivity index (χ3v) is 4.39. The molecule has 0 bridgehead atoms. The summed E-state index contributed by atoms with van der Waals surface area (Å²) in [5, 5.41) is 10.7. The fourth-order valence-corrected chi connectivity index (χ4v) is 3.32. The molecule has 2 N–H and O–H groups in total. The summed E-state index contributed by atoms with van der Waals surface area (Å²) in [4.78, 5) is 24.1. The Labute approximate surface area is 115 Å². The van der Waals surface area contributed by atoms with Crippen molar-refractivity contribution >= 4 is 29.0 Å². The number of nitrogens with two attached hydrogens (primary N) is 1. The van der Waals surface area contributed by atoms with E-state index in [9.17, 15) is 14.9 Å². The van der Waals surface area contributed by atoms with Gasteiger partial charge in [0, 0.05) is 30.5 Å². The molecule has 6 nitrogen and oxygen atoms in total. The van der Waals surface area contributed by atoms with E-state index in [-0.39, 0.29) is 23.3 Å². The Bertz CT molecular complexity index is 515.